The lowest BCUT2D eigenvalue weighted by molar-refractivity contribution is 0.698. The van der Waals surface area contributed by atoms with Crippen LogP contribution in [0.25, 0.3) is 11.3 Å². The summed E-state index contributed by atoms with van der Waals surface area (Å²) in [5.41, 5.74) is 3.60. The van der Waals surface area contributed by atoms with E-state index in [0.717, 1.165) is 5.69 Å². The highest BCUT2D eigenvalue weighted by Crippen LogP contribution is 2.33. The van der Waals surface area contributed by atoms with Gasteiger partial charge in [-0.05, 0) is 25.0 Å². The second-order valence-corrected chi connectivity index (χ2v) is 4.80. The van der Waals surface area contributed by atoms with Crippen molar-refractivity contribution in [3.05, 3.63) is 54.2 Å². The first-order valence-corrected chi connectivity index (χ1v) is 6.46. The zero-order valence-electron chi connectivity index (χ0n) is 9.97. The van der Waals surface area contributed by atoms with E-state index >= 15 is 0 Å². The molecular formula is C16H17N. The van der Waals surface area contributed by atoms with Gasteiger partial charge in [0.25, 0.3) is 0 Å². The Bertz CT molecular complexity index is 484. The van der Waals surface area contributed by atoms with Crippen molar-refractivity contribution < 1.29 is 0 Å². The number of benzene rings is 1. The Labute approximate surface area is 103 Å². The molecule has 1 aromatic heterocycles. The summed E-state index contributed by atoms with van der Waals surface area (Å²) in [6.45, 7) is 0. The minimum absolute atomic E-state index is 0.693. The lowest BCUT2D eigenvalue weighted by Gasteiger charge is -2.10. The second-order valence-electron chi connectivity index (χ2n) is 4.80. The molecule has 1 nitrogen and oxygen atoms in total. The summed E-state index contributed by atoms with van der Waals surface area (Å²) in [6, 6.07) is 16.9. The summed E-state index contributed by atoms with van der Waals surface area (Å²) in [5, 5.41) is 0. The van der Waals surface area contributed by atoms with Gasteiger partial charge in [0.1, 0.15) is 0 Å². The van der Waals surface area contributed by atoms with Crippen LogP contribution in [0.5, 0.6) is 0 Å². The second kappa shape index (κ2) is 4.70. The van der Waals surface area contributed by atoms with Crippen LogP contribution in [0.3, 0.4) is 0 Å². The number of aromatic nitrogens is 1. The fourth-order valence-corrected chi connectivity index (χ4v) is 2.67. The first kappa shape index (κ1) is 10.5. The highest BCUT2D eigenvalue weighted by atomic mass is 14.7. The maximum Gasteiger partial charge on any atom is 0.0705 e. The van der Waals surface area contributed by atoms with E-state index in [4.69, 9.17) is 4.98 Å². The summed E-state index contributed by atoms with van der Waals surface area (Å²) in [4.78, 5) is 4.82. The van der Waals surface area contributed by atoms with Crippen LogP contribution >= 0.6 is 0 Å². The third-order valence-electron chi connectivity index (χ3n) is 3.61. The quantitative estimate of drug-likeness (QED) is 0.735. The van der Waals surface area contributed by atoms with Crippen molar-refractivity contribution in [3.63, 3.8) is 0 Å². The van der Waals surface area contributed by atoms with Gasteiger partial charge in [-0.1, -0.05) is 49.2 Å². The third kappa shape index (κ3) is 2.23. The zero-order valence-corrected chi connectivity index (χ0v) is 9.97. The van der Waals surface area contributed by atoms with Crippen LogP contribution in [0, 0.1) is 0 Å². The van der Waals surface area contributed by atoms with Crippen molar-refractivity contribution in [2.75, 3.05) is 0 Å². The van der Waals surface area contributed by atoms with E-state index in [9.17, 15) is 0 Å². The Morgan fingerprint density at radius 1 is 0.824 bits per heavy atom. The van der Waals surface area contributed by atoms with Gasteiger partial charge >= 0.3 is 0 Å². The molecule has 1 aliphatic carbocycles. The number of hydrogen-bond acceptors (Lipinski definition) is 1. The van der Waals surface area contributed by atoms with Crippen LogP contribution in [0.1, 0.15) is 37.3 Å². The minimum Gasteiger partial charge on any atom is -0.253 e. The number of rotatable bonds is 2. The molecule has 17 heavy (non-hydrogen) atoms. The van der Waals surface area contributed by atoms with Crippen molar-refractivity contribution >= 4 is 0 Å². The van der Waals surface area contributed by atoms with Crippen molar-refractivity contribution in [1.29, 1.82) is 0 Å². The van der Waals surface area contributed by atoms with E-state index in [-0.39, 0.29) is 0 Å². The fourth-order valence-electron chi connectivity index (χ4n) is 2.67. The molecule has 0 unspecified atom stereocenters. The molecule has 1 heterocycles. The molecule has 0 atom stereocenters. The average molecular weight is 223 g/mol. The Morgan fingerprint density at radius 3 is 2.35 bits per heavy atom. The molecule has 0 radical (unpaired) electrons. The van der Waals surface area contributed by atoms with Gasteiger partial charge in [-0.2, -0.15) is 0 Å². The number of nitrogens with zero attached hydrogens (tertiary/aromatic N) is 1. The Balaban J connectivity index is 1.94. The molecule has 86 valence electrons. The van der Waals surface area contributed by atoms with E-state index in [1.807, 2.05) is 6.07 Å². The smallest absolute Gasteiger partial charge is 0.0705 e. The first-order valence-electron chi connectivity index (χ1n) is 6.46. The molecule has 1 heteroatoms. The molecule has 0 aliphatic heterocycles. The monoisotopic (exact) mass is 223 g/mol. The lowest BCUT2D eigenvalue weighted by Crippen LogP contribution is -1.97. The van der Waals surface area contributed by atoms with Crippen molar-refractivity contribution in [1.82, 2.24) is 4.98 Å². The molecule has 0 amide bonds. The molecule has 0 saturated heterocycles. The summed E-state index contributed by atoms with van der Waals surface area (Å²) in [5.74, 6) is 0.693. The summed E-state index contributed by atoms with van der Waals surface area (Å²) in [7, 11) is 0. The van der Waals surface area contributed by atoms with Gasteiger partial charge in [0, 0.05) is 17.2 Å². The molecule has 1 fully saturated rings. The molecule has 0 N–H and O–H groups in total. The van der Waals surface area contributed by atoms with Gasteiger partial charge in [0.05, 0.1) is 5.69 Å². The van der Waals surface area contributed by atoms with E-state index in [0.29, 0.717) is 5.92 Å². The number of pyridine rings is 1. The summed E-state index contributed by atoms with van der Waals surface area (Å²) < 4.78 is 0. The highest BCUT2D eigenvalue weighted by Gasteiger charge is 2.18. The molecule has 1 aliphatic rings. The normalized spacial score (nSPS) is 16.2. The molecule has 1 aromatic carbocycles. The lowest BCUT2D eigenvalue weighted by atomic mass is 10.0. The Kier molecular flexibility index (Phi) is 2.91. The molecule has 0 spiro atoms. The van der Waals surface area contributed by atoms with E-state index < -0.39 is 0 Å². The van der Waals surface area contributed by atoms with E-state index in [1.165, 1.54) is 36.9 Å². The van der Waals surface area contributed by atoms with Crippen LogP contribution in [-0.4, -0.2) is 4.98 Å². The molecule has 1 saturated carbocycles. The van der Waals surface area contributed by atoms with Crippen LogP contribution < -0.4 is 0 Å². The maximum absolute atomic E-state index is 4.82. The van der Waals surface area contributed by atoms with Crippen molar-refractivity contribution in [3.8, 4) is 11.3 Å². The third-order valence-corrected chi connectivity index (χ3v) is 3.61. The maximum atomic E-state index is 4.82. The standard InChI is InChI=1S/C16H17N/c1-2-7-13(8-3-1)15-11-6-12-16(17-15)14-9-4-5-10-14/h1-3,6-8,11-12,14H,4-5,9-10H2. The van der Waals surface area contributed by atoms with Crippen molar-refractivity contribution in [2.45, 2.75) is 31.6 Å². The van der Waals surface area contributed by atoms with Gasteiger partial charge in [0.15, 0.2) is 0 Å². The largest absolute Gasteiger partial charge is 0.253 e. The van der Waals surface area contributed by atoms with Gasteiger partial charge in [-0.3, -0.25) is 4.98 Å². The Hall–Kier alpha value is -1.63. The predicted octanol–water partition coefficient (Wildman–Crippen LogP) is 4.41. The van der Waals surface area contributed by atoms with Gasteiger partial charge in [-0.25, -0.2) is 0 Å². The van der Waals surface area contributed by atoms with Gasteiger partial charge in [0.2, 0.25) is 0 Å². The summed E-state index contributed by atoms with van der Waals surface area (Å²) in [6.07, 6.45) is 5.35. The van der Waals surface area contributed by atoms with Crippen LogP contribution in [-0.2, 0) is 0 Å². The SMILES string of the molecule is c1ccc(-c2cccc(C3CCCC3)n2)cc1. The van der Waals surface area contributed by atoms with E-state index in [1.54, 1.807) is 0 Å². The first-order chi connectivity index (χ1) is 8.43. The molecule has 3 rings (SSSR count). The van der Waals surface area contributed by atoms with Crippen LogP contribution in [0.15, 0.2) is 48.5 Å². The predicted molar refractivity (Wildman–Crippen MR) is 70.9 cm³/mol. The van der Waals surface area contributed by atoms with Crippen LogP contribution in [0.2, 0.25) is 0 Å². The van der Waals surface area contributed by atoms with Gasteiger partial charge in [-0.15, -0.1) is 0 Å². The molecular weight excluding hydrogens is 206 g/mol. The van der Waals surface area contributed by atoms with E-state index in [2.05, 4.69) is 42.5 Å². The topological polar surface area (TPSA) is 12.9 Å². The van der Waals surface area contributed by atoms with Crippen molar-refractivity contribution in [2.24, 2.45) is 0 Å². The van der Waals surface area contributed by atoms with Crippen LogP contribution in [0.4, 0.5) is 0 Å². The Morgan fingerprint density at radius 2 is 1.59 bits per heavy atom. The van der Waals surface area contributed by atoms with Gasteiger partial charge < -0.3 is 0 Å². The highest BCUT2D eigenvalue weighted by molar-refractivity contribution is 5.58. The fraction of sp³-hybridized carbons (Fsp3) is 0.312. The molecule has 0 bridgehead atoms. The molecule has 2 aromatic rings. The zero-order chi connectivity index (χ0) is 11.5. The summed E-state index contributed by atoms with van der Waals surface area (Å²) >= 11 is 0. The average Bonchev–Trinajstić information content (AvgIpc) is 2.94. The number of hydrogen-bond donors (Lipinski definition) is 0. The minimum atomic E-state index is 0.693.